The Morgan fingerprint density at radius 1 is 1.39 bits per heavy atom. The van der Waals surface area contributed by atoms with E-state index in [2.05, 4.69) is 30.1 Å². The van der Waals surface area contributed by atoms with Crippen molar-refractivity contribution in [2.75, 3.05) is 6.54 Å². The lowest BCUT2D eigenvalue weighted by Crippen LogP contribution is -2.19. The fourth-order valence-corrected chi connectivity index (χ4v) is 3.99. The largest absolute Gasteiger partial charge is 0.309 e. The van der Waals surface area contributed by atoms with Gasteiger partial charge in [0.1, 0.15) is 0 Å². The number of hydrogen-bond acceptors (Lipinski definition) is 2. The predicted octanol–water partition coefficient (Wildman–Crippen LogP) is 4.08. The second kappa shape index (κ2) is 6.97. The molecule has 0 bridgehead atoms. The summed E-state index contributed by atoms with van der Waals surface area (Å²) in [4.78, 5) is 3.17. The van der Waals surface area contributed by atoms with Crippen LogP contribution in [-0.2, 0) is 12.8 Å². The number of thiophene rings is 1. The topological polar surface area (TPSA) is 12.0 Å². The maximum absolute atomic E-state index is 3.61. The van der Waals surface area contributed by atoms with Gasteiger partial charge < -0.3 is 5.32 Å². The third kappa shape index (κ3) is 3.37. The molecular weight excluding hydrogens is 238 g/mol. The first kappa shape index (κ1) is 13.6. The van der Waals surface area contributed by atoms with Crippen LogP contribution in [0.3, 0.4) is 0 Å². The monoisotopic (exact) mass is 261 g/mol. The molecule has 1 N–H and O–H groups in total. The van der Waals surface area contributed by atoms with Crippen LogP contribution in [0.4, 0.5) is 0 Å². The Hall–Kier alpha value is -0.780. The standard InChI is InChI=1S/C16H23NS/c1-3-5-6-10-14(17-4-2)16-12-13-9-7-8-11-15(13)18-16/h12,14,17H,4,6-11H2,1-2H3. The quantitative estimate of drug-likeness (QED) is 0.788. The number of hydrogen-bond donors (Lipinski definition) is 1. The first-order valence-corrected chi connectivity index (χ1v) is 7.91. The molecule has 1 unspecified atom stereocenters. The average molecular weight is 261 g/mol. The minimum Gasteiger partial charge on any atom is -0.309 e. The average Bonchev–Trinajstić information content (AvgIpc) is 2.81. The Morgan fingerprint density at radius 2 is 2.22 bits per heavy atom. The van der Waals surface area contributed by atoms with E-state index in [1.54, 1.807) is 10.4 Å². The van der Waals surface area contributed by atoms with Crippen LogP contribution in [0.2, 0.25) is 0 Å². The summed E-state index contributed by atoms with van der Waals surface area (Å²) in [6.45, 7) is 5.14. The van der Waals surface area contributed by atoms with Gasteiger partial charge in [-0.3, -0.25) is 0 Å². The molecule has 1 atom stereocenters. The molecule has 1 aliphatic rings. The van der Waals surface area contributed by atoms with Gasteiger partial charge in [-0.2, -0.15) is 0 Å². The molecular formula is C16H23NS. The van der Waals surface area contributed by atoms with Gasteiger partial charge in [0.15, 0.2) is 0 Å². The van der Waals surface area contributed by atoms with Gasteiger partial charge in [-0.05, 0) is 57.2 Å². The highest BCUT2D eigenvalue weighted by Gasteiger charge is 2.18. The molecule has 2 heteroatoms. The van der Waals surface area contributed by atoms with E-state index >= 15 is 0 Å². The molecule has 0 aliphatic heterocycles. The van der Waals surface area contributed by atoms with Crippen molar-refractivity contribution < 1.29 is 0 Å². The minimum atomic E-state index is 0.506. The molecule has 0 saturated heterocycles. The fourth-order valence-electron chi connectivity index (χ4n) is 2.62. The number of fused-ring (bicyclic) bond motifs is 1. The van der Waals surface area contributed by atoms with E-state index in [0.717, 1.165) is 19.4 Å². The smallest absolute Gasteiger partial charge is 0.0424 e. The lowest BCUT2D eigenvalue weighted by molar-refractivity contribution is 0.530. The van der Waals surface area contributed by atoms with E-state index < -0.39 is 0 Å². The molecule has 1 aliphatic carbocycles. The molecule has 1 aromatic rings. The summed E-state index contributed by atoms with van der Waals surface area (Å²) < 4.78 is 0. The predicted molar refractivity (Wildman–Crippen MR) is 80.1 cm³/mol. The van der Waals surface area contributed by atoms with E-state index in [9.17, 15) is 0 Å². The van der Waals surface area contributed by atoms with Gasteiger partial charge in [-0.15, -0.1) is 23.2 Å². The highest BCUT2D eigenvalue weighted by Crippen LogP contribution is 2.34. The molecule has 2 rings (SSSR count). The van der Waals surface area contributed by atoms with Gasteiger partial charge >= 0.3 is 0 Å². The number of nitrogens with one attached hydrogen (secondary N) is 1. The van der Waals surface area contributed by atoms with Crippen LogP contribution in [-0.4, -0.2) is 6.54 Å². The Bertz CT molecular complexity index is 412. The minimum absolute atomic E-state index is 0.506. The van der Waals surface area contributed by atoms with Crippen LogP contribution in [0.25, 0.3) is 0 Å². The Balaban J connectivity index is 2.08. The normalized spacial score (nSPS) is 15.7. The van der Waals surface area contributed by atoms with Crippen molar-refractivity contribution in [2.45, 2.75) is 58.4 Å². The molecule has 0 radical (unpaired) electrons. The van der Waals surface area contributed by atoms with Crippen LogP contribution in [0.15, 0.2) is 6.07 Å². The molecule has 0 fully saturated rings. The van der Waals surface area contributed by atoms with Gasteiger partial charge in [0.2, 0.25) is 0 Å². The van der Waals surface area contributed by atoms with Gasteiger partial charge in [-0.1, -0.05) is 6.92 Å². The Kier molecular flexibility index (Phi) is 5.28. The van der Waals surface area contributed by atoms with Crippen LogP contribution < -0.4 is 5.32 Å². The highest BCUT2D eigenvalue weighted by atomic mass is 32.1. The van der Waals surface area contributed by atoms with E-state index in [4.69, 9.17) is 0 Å². The fraction of sp³-hybridized carbons (Fsp3) is 0.625. The summed E-state index contributed by atoms with van der Waals surface area (Å²) >= 11 is 2.03. The van der Waals surface area contributed by atoms with Crippen molar-refractivity contribution in [1.82, 2.24) is 5.32 Å². The summed E-state index contributed by atoms with van der Waals surface area (Å²) in [5.41, 5.74) is 1.62. The van der Waals surface area contributed by atoms with Gasteiger partial charge in [0, 0.05) is 22.2 Å². The summed E-state index contributed by atoms with van der Waals surface area (Å²) in [6, 6.07) is 2.96. The van der Waals surface area contributed by atoms with Gasteiger partial charge in [-0.25, -0.2) is 0 Å². The van der Waals surface area contributed by atoms with E-state index in [0.29, 0.717) is 6.04 Å². The summed E-state index contributed by atoms with van der Waals surface area (Å²) in [6.07, 6.45) is 7.47. The maximum atomic E-state index is 3.61. The molecule has 1 heterocycles. The second-order valence-corrected chi connectivity index (χ2v) is 6.05. The van der Waals surface area contributed by atoms with Crippen LogP contribution in [0.1, 0.15) is 60.9 Å². The second-order valence-electron chi connectivity index (χ2n) is 4.88. The van der Waals surface area contributed by atoms with Crippen molar-refractivity contribution in [3.05, 3.63) is 21.4 Å². The first-order chi connectivity index (χ1) is 8.85. The molecule has 1 aromatic heterocycles. The van der Waals surface area contributed by atoms with E-state index in [1.165, 1.54) is 30.6 Å². The van der Waals surface area contributed by atoms with E-state index in [1.807, 2.05) is 18.3 Å². The molecule has 1 nitrogen and oxygen atoms in total. The third-order valence-corrected chi connectivity index (χ3v) is 4.90. The van der Waals surface area contributed by atoms with Crippen molar-refractivity contribution >= 4 is 11.3 Å². The van der Waals surface area contributed by atoms with Crippen LogP contribution in [0.5, 0.6) is 0 Å². The van der Waals surface area contributed by atoms with Gasteiger partial charge in [0.25, 0.3) is 0 Å². The Labute approximate surface area is 115 Å². The zero-order valence-corrected chi connectivity index (χ0v) is 12.3. The van der Waals surface area contributed by atoms with Crippen LogP contribution in [0, 0.1) is 11.8 Å². The first-order valence-electron chi connectivity index (χ1n) is 7.09. The van der Waals surface area contributed by atoms with Crippen molar-refractivity contribution in [1.29, 1.82) is 0 Å². The zero-order valence-electron chi connectivity index (χ0n) is 11.5. The third-order valence-electron chi connectivity index (χ3n) is 3.54. The summed E-state index contributed by atoms with van der Waals surface area (Å²) in [5, 5.41) is 3.61. The van der Waals surface area contributed by atoms with Crippen molar-refractivity contribution in [3.63, 3.8) is 0 Å². The number of aryl methyl sites for hydroxylation is 2. The lowest BCUT2D eigenvalue weighted by atomic mass is 9.98. The van der Waals surface area contributed by atoms with Crippen molar-refractivity contribution in [2.24, 2.45) is 0 Å². The van der Waals surface area contributed by atoms with E-state index in [-0.39, 0.29) is 0 Å². The maximum Gasteiger partial charge on any atom is 0.0424 e. The van der Waals surface area contributed by atoms with Crippen molar-refractivity contribution in [3.8, 4) is 11.8 Å². The van der Waals surface area contributed by atoms with Gasteiger partial charge in [0.05, 0.1) is 0 Å². The molecule has 18 heavy (non-hydrogen) atoms. The number of rotatable bonds is 5. The molecule has 0 aromatic carbocycles. The summed E-state index contributed by atoms with van der Waals surface area (Å²) in [7, 11) is 0. The molecule has 0 amide bonds. The lowest BCUT2D eigenvalue weighted by Gasteiger charge is -2.14. The zero-order chi connectivity index (χ0) is 12.8. The Morgan fingerprint density at radius 3 is 2.94 bits per heavy atom. The van der Waals surface area contributed by atoms with Crippen LogP contribution >= 0.6 is 11.3 Å². The SMILES string of the molecule is CC#CCCC(NCC)c1cc2c(s1)CCCC2. The molecule has 0 saturated carbocycles. The summed E-state index contributed by atoms with van der Waals surface area (Å²) in [5.74, 6) is 6.17. The molecule has 0 spiro atoms. The highest BCUT2D eigenvalue weighted by molar-refractivity contribution is 7.12. The molecule has 98 valence electrons.